The Balaban J connectivity index is 2.01. The second kappa shape index (κ2) is 10.2. The first-order chi connectivity index (χ1) is 13.7. The molecule has 0 saturated heterocycles. The molecule has 1 aliphatic rings. The minimum absolute atomic E-state index is 0.0275. The summed E-state index contributed by atoms with van der Waals surface area (Å²) in [5.41, 5.74) is 0.994. The van der Waals surface area contributed by atoms with Crippen molar-refractivity contribution in [2.75, 3.05) is 39.1 Å². The Bertz CT molecular complexity index is 739. The Morgan fingerprint density at radius 2 is 2.00 bits per heavy atom. The van der Waals surface area contributed by atoms with Crippen LogP contribution in [0.1, 0.15) is 25.8 Å². The lowest BCUT2D eigenvalue weighted by Gasteiger charge is -2.27. The van der Waals surface area contributed by atoms with Gasteiger partial charge in [-0.2, -0.15) is 0 Å². The summed E-state index contributed by atoms with van der Waals surface area (Å²) < 4.78 is 0. The molecule has 0 bridgehead atoms. The molecule has 9 heteroatoms. The monoisotopic (exact) mass is 404 g/mol. The lowest BCUT2D eigenvalue weighted by atomic mass is 10.1. The summed E-state index contributed by atoms with van der Waals surface area (Å²) in [6.45, 7) is 4.48. The van der Waals surface area contributed by atoms with Crippen LogP contribution in [0.15, 0.2) is 18.3 Å². The first-order valence-electron chi connectivity index (χ1n) is 9.90. The molecule has 0 fully saturated rings. The largest absolute Gasteiger partial charge is 0.354 e. The first kappa shape index (κ1) is 22.6. The van der Waals surface area contributed by atoms with E-state index in [4.69, 9.17) is 0 Å². The summed E-state index contributed by atoms with van der Waals surface area (Å²) in [4.78, 5) is 44.5. The smallest absolute Gasteiger partial charge is 0.316 e. The molecular formula is C20H32N6O3. The van der Waals surface area contributed by atoms with Crippen molar-refractivity contribution in [1.29, 1.82) is 0 Å². The van der Waals surface area contributed by atoms with E-state index in [1.807, 2.05) is 19.1 Å². The average molecular weight is 405 g/mol. The zero-order valence-electron chi connectivity index (χ0n) is 17.9. The number of pyridine rings is 1. The maximum Gasteiger partial charge on any atom is 0.316 e. The molecule has 3 atom stereocenters. The number of anilines is 1. The summed E-state index contributed by atoms with van der Waals surface area (Å²) >= 11 is 0. The van der Waals surface area contributed by atoms with Crippen LogP contribution in [0, 0.1) is 5.92 Å². The number of amides is 4. The van der Waals surface area contributed by atoms with Gasteiger partial charge in [-0.1, -0.05) is 13.0 Å². The summed E-state index contributed by atoms with van der Waals surface area (Å²) in [6, 6.07) is 3.15. The lowest BCUT2D eigenvalue weighted by molar-refractivity contribution is -0.123. The van der Waals surface area contributed by atoms with Crippen molar-refractivity contribution in [3.8, 4) is 0 Å². The van der Waals surface area contributed by atoms with Crippen LogP contribution in [-0.4, -0.2) is 74.0 Å². The first-order valence-corrected chi connectivity index (χ1v) is 9.90. The van der Waals surface area contributed by atoms with Crippen molar-refractivity contribution in [1.82, 2.24) is 25.8 Å². The molecule has 160 valence electrons. The number of hydrogen-bond donors (Lipinski definition) is 3. The minimum atomic E-state index is -0.280. The van der Waals surface area contributed by atoms with Crippen LogP contribution in [0.25, 0.3) is 0 Å². The molecule has 3 N–H and O–H groups in total. The zero-order chi connectivity index (χ0) is 21.6. The van der Waals surface area contributed by atoms with Gasteiger partial charge < -0.3 is 20.9 Å². The van der Waals surface area contributed by atoms with E-state index in [0.717, 1.165) is 5.56 Å². The number of nitrogens with one attached hydrogen (secondary N) is 3. The predicted octanol–water partition coefficient (Wildman–Crippen LogP) is 0.361. The van der Waals surface area contributed by atoms with Crippen molar-refractivity contribution in [3.63, 3.8) is 0 Å². The molecule has 9 nitrogen and oxygen atoms in total. The highest BCUT2D eigenvalue weighted by Gasteiger charge is 2.35. The van der Waals surface area contributed by atoms with Crippen LogP contribution < -0.4 is 20.9 Å². The van der Waals surface area contributed by atoms with Gasteiger partial charge in [-0.3, -0.25) is 14.5 Å². The number of carbonyl (C=O) groups is 3. The SMILES string of the molecule is CN[C@@H](C)C(=O)NC[C@@H](C)CC(=O)N1c2ncccc2C[C@H]1CNC(=O)N(C)C. The summed E-state index contributed by atoms with van der Waals surface area (Å²) in [6.07, 6.45) is 2.60. The molecule has 0 radical (unpaired) electrons. The van der Waals surface area contributed by atoms with Gasteiger partial charge in [0.2, 0.25) is 11.8 Å². The average Bonchev–Trinajstić information content (AvgIpc) is 3.07. The minimum Gasteiger partial charge on any atom is -0.354 e. The zero-order valence-corrected chi connectivity index (χ0v) is 17.9. The van der Waals surface area contributed by atoms with Gasteiger partial charge >= 0.3 is 6.03 Å². The van der Waals surface area contributed by atoms with E-state index in [9.17, 15) is 14.4 Å². The van der Waals surface area contributed by atoms with Gasteiger partial charge in [0, 0.05) is 39.8 Å². The third kappa shape index (κ3) is 5.90. The van der Waals surface area contributed by atoms with Gasteiger partial charge in [0.05, 0.1) is 12.1 Å². The van der Waals surface area contributed by atoms with Crippen molar-refractivity contribution >= 4 is 23.7 Å². The van der Waals surface area contributed by atoms with Crippen LogP contribution in [0.5, 0.6) is 0 Å². The molecule has 2 heterocycles. The lowest BCUT2D eigenvalue weighted by Crippen LogP contribution is -2.48. The number of rotatable bonds is 8. The predicted molar refractivity (Wildman–Crippen MR) is 112 cm³/mol. The normalized spacial score (nSPS) is 17.3. The maximum atomic E-state index is 13.1. The van der Waals surface area contributed by atoms with Gasteiger partial charge in [0.1, 0.15) is 5.82 Å². The maximum absolute atomic E-state index is 13.1. The van der Waals surface area contributed by atoms with Gasteiger partial charge in [-0.25, -0.2) is 9.78 Å². The molecule has 4 amide bonds. The van der Waals surface area contributed by atoms with Crippen LogP contribution in [0.2, 0.25) is 0 Å². The second-order valence-corrected chi connectivity index (χ2v) is 7.75. The second-order valence-electron chi connectivity index (χ2n) is 7.75. The number of urea groups is 1. The number of nitrogens with zero attached hydrogens (tertiary/aromatic N) is 3. The fourth-order valence-corrected chi connectivity index (χ4v) is 3.20. The Hall–Kier alpha value is -2.68. The Morgan fingerprint density at radius 1 is 1.28 bits per heavy atom. The van der Waals surface area contributed by atoms with Gasteiger partial charge in [0.15, 0.2) is 0 Å². The topological polar surface area (TPSA) is 107 Å². The molecule has 0 spiro atoms. The summed E-state index contributed by atoms with van der Waals surface area (Å²) in [5.74, 6) is 0.473. The van der Waals surface area contributed by atoms with Gasteiger partial charge in [-0.15, -0.1) is 0 Å². The molecule has 0 aliphatic carbocycles. The molecule has 0 saturated carbocycles. The standard InChI is InChI=1S/C20H32N6O3/c1-13(11-23-19(28)14(2)21-3)9-17(27)26-16(12-24-20(29)25(4)5)10-15-7-6-8-22-18(15)26/h6-8,13-14,16,21H,9-12H2,1-5H3,(H,23,28)(H,24,29)/t13-,14-,16-/m0/s1. The highest BCUT2D eigenvalue weighted by atomic mass is 16.2. The van der Waals surface area contributed by atoms with E-state index in [1.165, 1.54) is 4.90 Å². The molecule has 29 heavy (non-hydrogen) atoms. The Kier molecular flexibility index (Phi) is 7.95. The fraction of sp³-hybridized carbons (Fsp3) is 0.600. The van der Waals surface area contributed by atoms with Gasteiger partial charge in [-0.05, 0) is 37.9 Å². The number of hydrogen-bond acceptors (Lipinski definition) is 5. The Morgan fingerprint density at radius 3 is 2.66 bits per heavy atom. The number of fused-ring (bicyclic) bond motifs is 1. The molecular weight excluding hydrogens is 372 g/mol. The van der Waals surface area contributed by atoms with E-state index >= 15 is 0 Å². The highest BCUT2D eigenvalue weighted by Crippen LogP contribution is 2.30. The molecule has 1 aromatic heterocycles. The number of aromatic nitrogens is 1. The van der Waals surface area contributed by atoms with E-state index < -0.39 is 0 Å². The summed E-state index contributed by atoms with van der Waals surface area (Å²) in [7, 11) is 5.08. The van der Waals surface area contributed by atoms with E-state index in [1.54, 1.807) is 39.2 Å². The third-order valence-corrected chi connectivity index (χ3v) is 5.05. The summed E-state index contributed by atoms with van der Waals surface area (Å²) in [5, 5.41) is 8.61. The van der Waals surface area contributed by atoms with E-state index in [0.29, 0.717) is 25.3 Å². The van der Waals surface area contributed by atoms with Crippen LogP contribution >= 0.6 is 0 Å². The van der Waals surface area contributed by atoms with Crippen LogP contribution in [0.4, 0.5) is 10.6 Å². The van der Waals surface area contributed by atoms with Crippen LogP contribution in [-0.2, 0) is 16.0 Å². The Labute approximate surface area is 172 Å². The highest BCUT2D eigenvalue weighted by molar-refractivity contribution is 5.95. The molecule has 0 unspecified atom stereocenters. The van der Waals surface area contributed by atoms with Crippen LogP contribution in [0.3, 0.4) is 0 Å². The quantitative estimate of drug-likeness (QED) is 0.580. The van der Waals surface area contributed by atoms with Gasteiger partial charge in [0.25, 0.3) is 0 Å². The molecule has 1 aliphatic heterocycles. The van der Waals surface area contributed by atoms with E-state index in [-0.39, 0.29) is 42.3 Å². The van der Waals surface area contributed by atoms with Crippen molar-refractivity contribution < 1.29 is 14.4 Å². The van der Waals surface area contributed by atoms with Crippen molar-refractivity contribution in [2.45, 2.75) is 38.8 Å². The molecule has 0 aromatic carbocycles. The van der Waals surface area contributed by atoms with Crippen molar-refractivity contribution in [2.24, 2.45) is 5.92 Å². The molecule has 1 aromatic rings. The molecule has 2 rings (SSSR count). The third-order valence-electron chi connectivity index (χ3n) is 5.05. The van der Waals surface area contributed by atoms with Crippen molar-refractivity contribution in [3.05, 3.63) is 23.9 Å². The fourth-order valence-electron chi connectivity index (χ4n) is 3.20. The number of carbonyl (C=O) groups excluding carboxylic acids is 3. The number of likely N-dealkylation sites (N-methyl/N-ethyl adjacent to an activating group) is 1. The van der Waals surface area contributed by atoms with E-state index in [2.05, 4.69) is 20.9 Å².